The zero-order chi connectivity index (χ0) is 21.0. The van der Waals surface area contributed by atoms with Gasteiger partial charge in [-0.1, -0.05) is 23.4 Å². The summed E-state index contributed by atoms with van der Waals surface area (Å²) in [4.78, 5) is 4.62. The summed E-state index contributed by atoms with van der Waals surface area (Å²) in [5.41, 5.74) is 1.37. The fourth-order valence-corrected chi connectivity index (χ4v) is 4.60. The average molecular weight is 430 g/mol. The van der Waals surface area contributed by atoms with Crippen molar-refractivity contribution in [3.05, 3.63) is 54.4 Å². The van der Waals surface area contributed by atoms with Crippen molar-refractivity contribution in [2.45, 2.75) is 11.4 Å². The number of nitrogens with one attached hydrogen (secondary N) is 1. The van der Waals surface area contributed by atoms with E-state index in [1.807, 2.05) is 24.3 Å². The van der Waals surface area contributed by atoms with Crippen LogP contribution in [-0.4, -0.2) is 56.3 Å². The van der Waals surface area contributed by atoms with Gasteiger partial charge in [0, 0.05) is 18.8 Å². The van der Waals surface area contributed by atoms with Crippen LogP contribution < -0.4 is 10.1 Å². The third-order valence-corrected chi connectivity index (χ3v) is 6.60. The number of hydrogen-bond acceptors (Lipinski definition) is 8. The molecule has 2 heterocycles. The van der Waals surface area contributed by atoms with Crippen molar-refractivity contribution >= 4 is 15.7 Å². The molecule has 0 amide bonds. The summed E-state index contributed by atoms with van der Waals surface area (Å²) in [6.45, 7) is 1.77. The van der Waals surface area contributed by atoms with Gasteiger partial charge in [0.2, 0.25) is 21.7 Å². The number of morpholine rings is 1. The average Bonchev–Trinajstić information content (AvgIpc) is 3.27. The van der Waals surface area contributed by atoms with Crippen molar-refractivity contribution in [3.8, 4) is 17.1 Å². The zero-order valence-corrected chi connectivity index (χ0v) is 17.3. The predicted molar refractivity (Wildman–Crippen MR) is 110 cm³/mol. The molecular formula is C20H22N4O5S. The van der Waals surface area contributed by atoms with E-state index in [4.69, 9.17) is 14.0 Å². The molecule has 158 valence electrons. The van der Waals surface area contributed by atoms with Crippen LogP contribution in [0.15, 0.2) is 57.9 Å². The Morgan fingerprint density at radius 2 is 1.93 bits per heavy atom. The quantitative estimate of drug-likeness (QED) is 0.609. The second-order valence-corrected chi connectivity index (χ2v) is 8.55. The van der Waals surface area contributed by atoms with Crippen molar-refractivity contribution in [1.29, 1.82) is 0 Å². The summed E-state index contributed by atoms with van der Waals surface area (Å²) in [6, 6.07) is 14.1. The maximum Gasteiger partial charge on any atom is 0.246 e. The molecule has 30 heavy (non-hydrogen) atoms. The van der Waals surface area contributed by atoms with Crippen LogP contribution in [0.5, 0.6) is 5.75 Å². The summed E-state index contributed by atoms with van der Waals surface area (Å²) in [7, 11) is -1.98. The van der Waals surface area contributed by atoms with E-state index in [-0.39, 0.29) is 11.4 Å². The standard InChI is InChI=1S/C20H22N4O5S/c1-27-18-8-3-2-7-17(18)20-22-19(29-23-20)14-21-15-5-4-6-16(13-15)30(25,26)24-9-11-28-12-10-24/h2-8,13,21H,9-12,14H2,1H3. The number of rotatable bonds is 7. The number of aromatic nitrogens is 2. The van der Waals surface area contributed by atoms with Gasteiger partial charge in [-0.25, -0.2) is 8.42 Å². The number of anilines is 1. The first-order valence-electron chi connectivity index (χ1n) is 9.46. The van der Waals surface area contributed by atoms with Gasteiger partial charge in [-0.15, -0.1) is 0 Å². The molecule has 1 saturated heterocycles. The van der Waals surface area contributed by atoms with E-state index < -0.39 is 10.0 Å². The SMILES string of the molecule is COc1ccccc1-c1noc(CNc2cccc(S(=O)(=O)N3CCOCC3)c2)n1. The molecule has 4 rings (SSSR count). The molecule has 0 unspecified atom stereocenters. The van der Waals surface area contributed by atoms with Crippen molar-refractivity contribution in [1.82, 2.24) is 14.4 Å². The van der Waals surface area contributed by atoms with Gasteiger partial charge in [-0.05, 0) is 30.3 Å². The molecule has 0 saturated carbocycles. The Morgan fingerprint density at radius 3 is 2.73 bits per heavy atom. The minimum Gasteiger partial charge on any atom is -0.496 e. The van der Waals surface area contributed by atoms with Gasteiger partial charge < -0.3 is 19.3 Å². The third kappa shape index (κ3) is 4.30. The van der Waals surface area contributed by atoms with Crippen LogP contribution in [0.1, 0.15) is 5.89 Å². The van der Waals surface area contributed by atoms with E-state index in [0.29, 0.717) is 49.5 Å². The lowest BCUT2D eigenvalue weighted by Crippen LogP contribution is -2.40. The Bertz CT molecular complexity index is 1110. The Labute approximate surface area is 174 Å². The van der Waals surface area contributed by atoms with Gasteiger partial charge in [-0.2, -0.15) is 9.29 Å². The van der Waals surface area contributed by atoms with Crippen LogP contribution >= 0.6 is 0 Å². The molecule has 1 aromatic heterocycles. The number of ether oxygens (including phenoxy) is 2. The van der Waals surface area contributed by atoms with Crippen LogP contribution in [-0.2, 0) is 21.3 Å². The van der Waals surface area contributed by atoms with Crippen LogP contribution in [0, 0.1) is 0 Å². The van der Waals surface area contributed by atoms with E-state index in [1.165, 1.54) is 4.31 Å². The highest BCUT2D eigenvalue weighted by molar-refractivity contribution is 7.89. The summed E-state index contributed by atoms with van der Waals surface area (Å²) in [5, 5.41) is 7.14. The number of nitrogens with zero attached hydrogens (tertiary/aromatic N) is 3. The second kappa shape index (κ2) is 8.82. The van der Waals surface area contributed by atoms with Crippen LogP contribution in [0.4, 0.5) is 5.69 Å². The highest BCUT2D eigenvalue weighted by Gasteiger charge is 2.26. The van der Waals surface area contributed by atoms with E-state index >= 15 is 0 Å². The first kappa shape index (κ1) is 20.3. The van der Waals surface area contributed by atoms with Gasteiger partial charge >= 0.3 is 0 Å². The molecule has 0 spiro atoms. The lowest BCUT2D eigenvalue weighted by molar-refractivity contribution is 0.0730. The van der Waals surface area contributed by atoms with Gasteiger partial charge in [0.1, 0.15) is 5.75 Å². The van der Waals surface area contributed by atoms with Crippen LogP contribution in [0.2, 0.25) is 0 Å². The number of benzene rings is 2. The number of hydrogen-bond donors (Lipinski definition) is 1. The fourth-order valence-electron chi connectivity index (χ4n) is 3.15. The monoisotopic (exact) mass is 430 g/mol. The lowest BCUT2D eigenvalue weighted by atomic mass is 10.2. The van der Waals surface area contributed by atoms with Crippen molar-refractivity contribution in [2.75, 3.05) is 38.7 Å². The minimum atomic E-state index is -3.56. The molecule has 1 aliphatic heterocycles. The second-order valence-electron chi connectivity index (χ2n) is 6.61. The molecule has 0 aliphatic carbocycles. The summed E-state index contributed by atoms with van der Waals surface area (Å²) < 4.78 is 43.0. The zero-order valence-electron chi connectivity index (χ0n) is 16.4. The van der Waals surface area contributed by atoms with Crippen molar-refractivity contribution < 1.29 is 22.4 Å². The molecule has 0 radical (unpaired) electrons. The number of methoxy groups -OCH3 is 1. The Hall–Kier alpha value is -2.95. The fraction of sp³-hybridized carbons (Fsp3) is 0.300. The molecular weight excluding hydrogens is 408 g/mol. The van der Waals surface area contributed by atoms with Gasteiger partial charge in [0.25, 0.3) is 0 Å². The molecule has 1 N–H and O–H groups in total. The normalized spacial score (nSPS) is 15.1. The van der Waals surface area contributed by atoms with Crippen molar-refractivity contribution in [2.24, 2.45) is 0 Å². The molecule has 10 heteroatoms. The van der Waals surface area contributed by atoms with Gasteiger partial charge in [0.15, 0.2) is 0 Å². The molecule has 1 aliphatic rings. The third-order valence-electron chi connectivity index (χ3n) is 4.70. The molecule has 0 atom stereocenters. The number of sulfonamides is 1. The number of para-hydroxylation sites is 1. The molecule has 1 fully saturated rings. The first-order valence-corrected chi connectivity index (χ1v) is 10.9. The Kier molecular flexibility index (Phi) is 5.98. The minimum absolute atomic E-state index is 0.231. The summed E-state index contributed by atoms with van der Waals surface area (Å²) in [6.07, 6.45) is 0. The van der Waals surface area contributed by atoms with E-state index in [9.17, 15) is 8.42 Å². The van der Waals surface area contributed by atoms with Crippen LogP contribution in [0.3, 0.4) is 0 Å². The lowest BCUT2D eigenvalue weighted by Gasteiger charge is -2.26. The van der Waals surface area contributed by atoms with Gasteiger partial charge in [-0.3, -0.25) is 0 Å². The Morgan fingerprint density at radius 1 is 1.13 bits per heavy atom. The first-order chi connectivity index (χ1) is 14.6. The highest BCUT2D eigenvalue weighted by Crippen LogP contribution is 2.27. The van der Waals surface area contributed by atoms with Crippen molar-refractivity contribution in [3.63, 3.8) is 0 Å². The Balaban J connectivity index is 1.46. The van der Waals surface area contributed by atoms with Crippen LogP contribution in [0.25, 0.3) is 11.4 Å². The van der Waals surface area contributed by atoms with Gasteiger partial charge in [0.05, 0.1) is 37.3 Å². The highest BCUT2D eigenvalue weighted by atomic mass is 32.2. The topological polar surface area (TPSA) is 107 Å². The maximum absolute atomic E-state index is 12.8. The maximum atomic E-state index is 12.8. The smallest absolute Gasteiger partial charge is 0.246 e. The molecule has 0 bridgehead atoms. The van der Waals surface area contributed by atoms with E-state index in [1.54, 1.807) is 31.4 Å². The molecule has 2 aromatic carbocycles. The largest absolute Gasteiger partial charge is 0.496 e. The summed E-state index contributed by atoms with van der Waals surface area (Å²) >= 11 is 0. The predicted octanol–water partition coefficient (Wildman–Crippen LogP) is 2.38. The van der Waals surface area contributed by atoms with E-state index in [2.05, 4.69) is 15.5 Å². The summed E-state index contributed by atoms with van der Waals surface area (Å²) in [5.74, 6) is 1.45. The van der Waals surface area contributed by atoms with E-state index in [0.717, 1.165) is 5.56 Å². The molecule has 3 aromatic rings. The molecule has 9 nitrogen and oxygen atoms in total.